The summed E-state index contributed by atoms with van der Waals surface area (Å²) in [6.07, 6.45) is 21.4. The van der Waals surface area contributed by atoms with Gasteiger partial charge in [-0.3, -0.25) is 0 Å². The maximum absolute atomic E-state index is 5.96. The van der Waals surface area contributed by atoms with E-state index in [1.807, 2.05) is 0 Å². The van der Waals surface area contributed by atoms with E-state index in [4.69, 9.17) is 9.47 Å². The van der Waals surface area contributed by atoms with Crippen molar-refractivity contribution >= 4 is 59.1 Å². The van der Waals surface area contributed by atoms with Crippen LogP contribution in [0.1, 0.15) is 130 Å². The molecule has 229 valence electrons. The molecule has 0 saturated carbocycles. The molecular weight excluding hydrogens is 617 g/mol. The summed E-state index contributed by atoms with van der Waals surface area (Å²) in [5, 5.41) is 6.24. The summed E-state index contributed by atoms with van der Waals surface area (Å²) in [7, 11) is 4.34. The Bertz CT molecular complexity index is 776. The molecule has 8 heteroatoms. The van der Waals surface area contributed by atoms with E-state index >= 15 is 0 Å². The molecule has 0 spiro atoms. The normalized spacial score (nSPS) is 11.9. The molecule has 0 aliphatic carbocycles. The summed E-state index contributed by atoms with van der Waals surface area (Å²) >= 11 is 10.1. The minimum absolute atomic E-state index is 0.726. The van der Waals surface area contributed by atoms with E-state index < -0.39 is 0 Å². The second-order valence-corrected chi connectivity index (χ2v) is 13.7. The van der Waals surface area contributed by atoms with E-state index in [0.29, 0.717) is 0 Å². The molecule has 2 rings (SSSR count). The van der Waals surface area contributed by atoms with E-state index in [1.54, 1.807) is 22.7 Å². The molecule has 0 fully saturated rings. The van der Waals surface area contributed by atoms with Crippen LogP contribution >= 0.6 is 51.4 Å². The first-order chi connectivity index (χ1) is 19.6. The Morgan fingerprint density at radius 1 is 0.750 bits per heavy atom. The molecule has 2 unspecified atom stereocenters. The van der Waals surface area contributed by atoms with Gasteiger partial charge in [-0.1, -0.05) is 105 Å². The Labute approximate surface area is 270 Å². The Hall–Kier alpha value is -0.305. The molecule has 0 amide bonds. The predicted molar refractivity (Wildman–Crippen MR) is 188 cm³/mol. The van der Waals surface area contributed by atoms with Crippen molar-refractivity contribution in [1.29, 1.82) is 0 Å². The second kappa shape index (κ2) is 30.2. The van der Waals surface area contributed by atoms with Crippen LogP contribution in [-0.2, 0) is 0 Å². The minimum atomic E-state index is 0.726. The third-order valence-electron chi connectivity index (χ3n) is 6.90. The van der Waals surface area contributed by atoms with Crippen LogP contribution in [-0.4, -0.2) is 20.9 Å². The number of ether oxygens (including phenoxy) is 2. The molecule has 0 aromatic carbocycles. The zero-order valence-corrected chi connectivity index (χ0v) is 29.9. The van der Waals surface area contributed by atoms with Crippen LogP contribution in [0.4, 0.5) is 0 Å². The fraction of sp³-hybridized carbons (Fsp3) is 0.750. The average molecular weight is 674 g/mol. The van der Waals surface area contributed by atoms with Gasteiger partial charge < -0.3 is 9.47 Å². The Kier molecular flexibility index (Phi) is 29.9. The monoisotopic (exact) mass is 672 g/mol. The molecule has 40 heavy (non-hydrogen) atoms. The number of hydrogen-bond acceptors (Lipinski definition) is 6. The molecule has 0 aliphatic heterocycles. The van der Waals surface area contributed by atoms with Gasteiger partial charge in [0.05, 0.1) is 13.2 Å². The number of hydrogen-bond donors (Lipinski definition) is 1. The van der Waals surface area contributed by atoms with Gasteiger partial charge in [0.2, 0.25) is 0 Å². The molecule has 2 atom stereocenters. The van der Waals surface area contributed by atoms with Crippen LogP contribution in [0.5, 0.6) is 11.5 Å². The fourth-order valence-corrected chi connectivity index (χ4v) is 6.16. The van der Waals surface area contributed by atoms with Crippen molar-refractivity contribution in [3.05, 3.63) is 32.1 Å². The van der Waals surface area contributed by atoms with E-state index in [-0.39, 0.29) is 0 Å². The van der Waals surface area contributed by atoms with Gasteiger partial charge in [-0.15, -0.1) is 22.7 Å². The molecule has 0 aliphatic rings. The summed E-state index contributed by atoms with van der Waals surface area (Å²) in [6.45, 7) is 10.9. The number of thiophene rings is 2. The van der Waals surface area contributed by atoms with Gasteiger partial charge in [-0.2, -0.15) is 0 Å². The van der Waals surface area contributed by atoms with Crippen LogP contribution in [0, 0.1) is 11.8 Å². The summed E-state index contributed by atoms with van der Waals surface area (Å²) in [6, 6.07) is 4.13. The summed E-state index contributed by atoms with van der Waals surface area (Å²) < 4.78 is 15.6. The van der Waals surface area contributed by atoms with E-state index in [0.717, 1.165) is 40.3 Å². The summed E-state index contributed by atoms with van der Waals surface area (Å²) in [5.41, 5.74) is 0. The molecule has 2 heterocycles. The van der Waals surface area contributed by atoms with Crippen molar-refractivity contribution < 1.29 is 9.47 Å². The van der Waals surface area contributed by atoms with E-state index in [2.05, 4.69) is 96.7 Å². The zero-order chi connectivity index (χ0) is 29.7. The first-order valence-electron chi connectivity index (χ1n) is 15.6. The van der Waals surface area contributed by atoms with Crippen LogP contribution in [0.2, 0.25) is 0 Å². The maximum atomic E-state index is 5.96. The predicted octanol–water partition coefficient (Wildman–Crippen LogP) is 12.8. The number of halogens is 1. The van der Waals surface area contributed by atoms with Gasteiger partial charge in [0, 0.05) is 5.38 Å². The third-order valence-corrected chi connectivity index (χ3v) is 9.20. The van der Waals surface area contributed by atoms with E-state index in [9.17, 15) is 0 Å². The molecule has 0 saturated heterocycles. The molecular formula is C32H56BBrNO2S3. The van der Waals surface area contributed by atoms with Crippen molar-refractivity contribution in [2.24, 2.45) is 16.1 Å². The summed E-state index contributed by atoms with van der Waals surface area (Å²) in [4.78, 5) is 0. The zero-order valence-electron chi connectivity index (χ0n) is 25.8. The summed E-state index contributed by atoms with van der Waals surface area (Å²) in [5.74, 6) is 3.54. The second-order valence-electron chi connectivity index (χ2n) is 10.5. The van der Waals surface area contributed by atoms with Gasteiger partial charge in [0.15, 0.2) is 0 Å². The van der Waals surface area contributed by atoms with Gasteiger partial charge in [0.1, 0.15) is 15.3 Å². The third kappa shape index (κ3) is 23.3. The van der Waals surface area contributed by atoms with E-state index in [1.165, 1.54) is 103 Å². The SMILES string of the molecule is CCCCCCC(CCCC)COc1ccsc1.CCCCCCC(CCCC)COc1ccsc1Br.[B]=NS. The number of unbranched alkanes of at least 4 members (excludes halogenated alkanes) is 8. The van der Waals surface area contributed by atoms with Crippen LogP contribution in [0.25, 0.3) is 0 Å². The average Bonchev–Trinajstić information content (AvgIpc) is 3.63. The van der Waals surface area contributed by atoms with Crippen LogP contribution in [0.3, 0.4) is 0 Å². The molecule has 1 radical (unpaired) electrons. The first-order valence-corrected chi connectivity index (χ1v) is 18.6. The molecule has 2 aromatic rings. The van der Waals surface area contributed by atoms with Gasteiger partial charge >= 0.3 is 24.8 Å². The standard InChI is InChI=1S/C16H27BrOS.C16H28OS.BHNS/c1-3-5-7-8-10-14(9-6-4-2)13-18-15-11-12-19-16(15)17;1-3-5-7-8-10-15(9-6-4-2)13-17-16-11-12-18-14-16;1-2-3/h11-12,14H,3-10,13H2,1-2H3;11-12,14-15H,3-10,13H2,1-2H3;3H. The van der Waals surface area contributed by atoms with Crippen LogP contribution < -0.4 is 9.47 Å². The van der Waals surface area contributed by atoms with Crippen molar-refractivity contribution in [3.8, 4) is 11.5 Å². The molecule has 0 N–H and O–H groups in total. The quantitative estimate of drug-likeness (QED) is 0.0766. The number of thiol groups is 1. The Morgan fingerprint density at radius 3 is 1.68 bits per heavy atom. The van der Waals surface area contributed by atoms with Gasteiger partial charge in [0.25, 0.3) is 0 Å². The van der Waals surface area contributed by atoms with Gasteiger partial charge in [-0.05, 0) is 76.3 Å². The Balaban J connectivity index is 0.000000693. The number of rotatable bonds is 22. The van der Waals surface area contributed by atoms with Crippen LogP contribution in [0.15, 0.2) is 36.4 Å². The topological polar surface area (TPSA) is 30.8 Å². The molecule has 3 nitrogen and oxygen atoms in total. The van der Waals surface area contributed by atoms with Crippen molar-refractivity contribution in [2.45, 2.75) is 130 Å². The molecule has 0 bridgehead atoms. The number of nitrogens with zero attached hydrogens (tertiary/aromatic N) is 1. The van der Waals surface area contributed by atoms with Crippen molar-refractivity contribution in [1.82, 2.24) is 0 Å². The van der Waals surface area contributed by atoms with Gasteiger partial charge in [-0.25, -0.2) is 0 Å². The molecule has 2 aromatic heterocycles. The fourth-order valence-electron chi connectivity index (χ4n) is 4.47. The van der Waals surface area contributed by atoms with Crippen molar-refractivity contribution in [2.75, 3.05) is 13.2 Å². The first kappa shape index (κ1) is 39.7. The Morgan fingerprint density at radius 2 is 1.25 bits per heavy atom. The van der Waals surface area contributed by atoms with Crippen molar-refractivity contribution in [3.63, 3.8) is 0 Å².